The first-order valence-electron chi connectivity index (χ1n) is 9.81. The highest BCUT2D eigenvalue weighted by Crippen LogP contribution is 2.57. The second-order valence-electron chi connectivity index (χ2n) is 8.81. The van der Waals surface area contributed by atoms with Crippen molar-refractivity contribution >= 4 is 23.9 Å². The lowest BCUT2D eigenvalue weighted by Gasteiger charge is -2.39. The topological polar surface area (TPSA) is 41.5 Å². The number of benzene rings is 1. The highest BCUT2D eigenvalue weighted by molar-refractivity contribution is 8.01. The SMILES string of the molecule is CC(C)(C)c1ccc(CNC(=O)C2CSC34CC=CC=C3N=CCC24)cc1. The number of thioether (sulfide) groups is 1. The lowest BCUT2D eigenvalue weighted by Crippen LogP contribution is -2.43. The third kappa shape index (κ3) is 3.40. The predicted octanol–water partition coefficient (Wildman–Crippen LogP) is 4.64. The first kappa shape index (κ1) is 18.5. The van der Waals surface area contributed by atoms with Crippen molar-refractivity contribution in [1.29, 1.82) is 0 Å². The molecule has 1 spiro atoms. The van der Waals surface area contributed by atoms with Crippen molar-refractivity contribution in [2.24, 2.45) is 16.8 Å². The number of hydrogen-bond acceptors (Lipinski definition) is 3. The van der Waals surface area contributed by atoms with Gasteiger partial charge in [-0.15, -0.1) is 11.8 Å². The Morgan fingerprint density at radius 1 is 1.30 bits per heavy atom. The van der Waals surface area contributed by atoms with Crippen LogP contribution in [0.25, 0.3) is 0 Å². The molecule has 0 aromatic heterocycles. The molecule has 1 aromatic rings. The quantitative estimate of drug-likeness (QED) is 0.830. The molecular weight excluding hydrogens is 352 g/mol. The molecule has 1 aliphatic carbocycles. The van der Waals surface area contributed by atoms with Crippen LogP contribution in [-0.2, 0) is 16.8 Å². The van der Waals surface area contributed by atoms with Gasteiger partial charge in [-0.2, -0.15) is 0 Å². The molecule has 3 nitrogen and oxygen atoms in total. The van der Waals surface area contributed by atoms with Crippen LogP contribution < -0.4 is 5.32 Å². The second-order valence-corrected chi connectivity index (χ2v) is 10.2. The zero-order valence-electron chi connectivity index (χ0n) is 16.4. The number of rotatable bonds is 3. The average molecular weight is 381 g/mol. The predicted molar refractivity (Wildman–Crippen MR) is 114 cm³/mol. The standard InChI is InChI=1S/C23H28N2OS/c1-22(2,3)17-9-7-16(8-10-17)14-25-21(26)18-15-27-23-12-5-4-6-20(23)24-13-11-19(18)23/h4-10,13,18-19H,11-12,14-15H2,1-3H3,(H,25,26). The fourth-order valence-corrected chi connectivity index (χ4v) is 6.20. The van der Waals surface area contributed by atoms with Crippen LogP contribution in [0.2, 0.25) is 0 Å². The van der Waals surface area contributed by atoms with Crippen LogP contribution in [0.4, 0.5) is 0 Å². The van der Waals surface area contributed by atoms with Gasteiger partial charge >= 0.3 is 0 Å². The van der Waals surface area contributed by atoms with Crippen molar-refractivity contribution in [3.05, 3.63) is 59.3 Å². The molecule has 3 atom stereocenters. The Kier molecular flexibility index (Phi) is 4.79. The summed E-state index contributed by atoms with van der Waals surface area (Å²) in [5, 5.41) is 3.19. The third-order valence-corrected chi connectivity index (χ3v) is 7.78. The molecule has 0 radical (unpaired) electrons. The fourth-order valence-electron chi connectivity index (χ4n) is 4.38. The number of hydrogen-bond donors (Lipinski definition) is 1. The molecule has 4 rings (SSSR count). The van der Waals surface area contributed by atoms with Crippen LogP contribution in [0.15, 0.2) is 53.2 Å². The highest BCUT2D eigenvalue weighted by Gasteiger charge is 2.54. The number of allylic oxidation sites excluding steroid dienone is 3. The Morgan fingerprint density at radius 3 is 2.81 bits per heavy atom. The first-order valence-corrected chi connectivity index (χ1v) is 10.8. The normalized spacial score (nSPS) is 29.1. The zero-order valence-corrected chi connectivity index (χ0v) is 17.2. The van der Waals surface area contributed by atoms with Crippen LogP contribution >= 0.6 is 11.8 Å². The largest absolute Gasteiger partial charge is 0.352 e. The molecule has 0 saturated carbocycles. The van der Waals surface area contributed by atoms with Gasteiger partial charge in [-0.1, -0.05) is 57.2 Å². The van der Waals surface area contributed by atoms with Crippen molar-refractivity contribution in [3.8, 4) is 0 Å². The van der Waals surface area contributed by atoms with E-state index >= 15 is 0 Å². The summed E-state index contributed by atoms with van der Waals surface area (Å²) in [6.45, 7) is 7.25. The molecule has 1 fully saturated rings. The van der Waals surface area contributed by atoms with Crippen LogP contribution in [0, 0.1) is 11.8 Å². The molecule has 1 saturated heterocycles. The second kappa shape index (κ2) is 6.97. The number of amides is 1. The summed E-state index contributed by atoms with van der Waals surface area (Å²) in [5.74, 6) is 1.48. The van der Waals surface area contributed by atoms with E-state index < -0.39 is 0 Å². The van der Waals surface area contributed by atoms with E-state index in [1.54, 1.807) is 0 Å². The van der Waals surface area contributed by atoms with E-state index in [2.05, 4.69) is 73.6 Å². The molecular formula is C23H28N2OS. The van der Waals surface area contributed by atoms with Crippen LogP contribution in [0.1, 0.15) is 44.7 Å². The van der Waals surface area contributed by atoms with Crippen molar-refractivity contribution < 1.29 is 4.79 Å². The monoisotopic (exact) mass is 380 g/mol. The van der Waals surface area contributed by atoms with Gasteiger partial charge in [-0.25, -0.2) is 0 Å². The van der Waals surface area contributed by atoms with Gasteiger partial charge in [0.25, 0.3) is 0 Å². The van der Waals surface area contributed by atoms with Crippen LogP contribution in [0.5, 0.6) is 0 Å². The summed E-state index contributed by atoms with van der Waals surface area (Å²) in [6, 6.07) is 8.60. The van der Waals surface area contributed by atoms with E-state index in [-0.39, 0.29) is 22.0 Å². The zero-order chi connectivity index (χ0) is 19.1. The molecule has 3 aliphatic rings. The van der Waals surface area contributed by atoms with Crippen molar-refractivity contribution in [2.45, 2.75) is 50.3 Å². The molecule has 1 amide bonds. The third-order valence-electron chi connectivity index (χ3n) is 6.06. The lowest BCUT2D eigenvalue weighted by molar-refractivity contribution is -0.126. The van der Waals surface area contributed by atoms with Crippen molar-refractivity contribution in [3.63, 3.8) is 0 Å². The van der Waals surface area contributed by atoms with E-state index in [0.717, 1.165) is 29.9 Å². The molecule has 2 aliphatic heterocycles. The smallest absolute Gasteiger partial charge is 0.224 e. The van der Waals surface area contributed by atoms with Gasteiger partial charge in [0.05, 0.1) is 16.4 Å². The minimum atomic E-state index is 0.0138. The Labute approximate surface area is 166 Å². The Bertz CT molecular complexity index is 816. The molecule has 1 N–H and O–H groups in total. The van der Waals surface area contributed by atoms with Crippen LogP contribution in [-0.4, -0.2) is 22.6 Å². The summed E-state index contributed by atoms with van der Waals surface area (Å²) in [6.07, 6.45) is 10.3. The first-order chi connectivity index (χ1) is 12.9. The average Bonchev–Trinajstić information content (AvgIpc) is 3.04. The Morgan fingerprint density at radius 2 is 2.07 bits per heavy atom. The molecule has 2 heterocycles. The molecule has 27 heavy (non-hydrogen) atoms. The molecule has 3 unspecified atom stereocenters. The fraction of sp³-hybridized carbons (Fsp3) is 0.478. The van der Waals surface area contributed by atoms with Crippen molar-refractivity contribution in [2.75, 3.05) is 5.75 Å². The summed E-state index contributed by atoms with van der Waals surface area (Å²) in [4.78, 5) is 17.6. The number of aliphatic imine (C=N–C) groups is 1. The number of carbonyl (C=O) groups is 1. The van der Waals surface area contributed by atoms with Gasteiger partial charge in [-0.3, -0.25) is 9.79 Å². The van der Waals surface area contributed by atoms with E-state index in [4.69, 9.17) is 0 Å². The lowest BCUT2D eigenvalue weighted by atomic mass is 9.73. The van der Waals surface area contributed by atoms with Gasteiger partial charge in [-0.05, 0) is 41.4 Å². The summed E-state index contributed by atoms with van der Waals surface area (Å²) in [5.41, 5.74) is 3.78. The maximum atomic E-state index is 13.0. The van der Waals surface area contributed by atoms with E-state index in [1.165, 1.54) is 5.56 Å². The Hall–Kier alpha value is -1.81. The maximum Gasteiger partial charge on any atom is 0.224 e. The molecule has 0 bridgehead atoms. The number of nitrogens with one attached hydrogen (secondary N) is 1. The summed E-state index contributed by atoms with van der Waals surface area (Å²) < 4.78 is 0.0138. The summed E-state index contributed by atoms with van der Waals surface area (Å²) in [7, 11) is 0. The minimum absolute atomic E-state index is 0.0138. The van der Waals surface area contributed by atoms with Gasteiger partial charge in [0.1, 0.15) is 0 Å². The highest BCUT2D eigenvalue weighted by atomic mass is 32.2. The van der Waals surface area contributed by atoms with Gasteiger partial charge in [0.15, 0.2) is 0 Å². The van der Waals surface area contributed by atoms with Gasteiger partial charge < -0.3 is 5.32 Å². The Balaban J connectivity index is 1.42. The number of carbonyl (C=O) groups excluding carboxylic acids is 1. The molecule has 4 heteroatoms. The maximum absolute atomic E-state index is 13.0. The van der Waals surface area contributed by atoms with Crippen molar-refractivity contribution in [1.82, 2.24) is 5.32 Å². The van der Waals surface area contributed by atoms with E-state index in [1.807, 2.05) is 18.0 Å². The van der Waals surface area contributed by atoms with E-state index in [9.17, 15) is 4.79 Å². The van der Waals surface area contributed by atoms with E-state index in [0.29, 0.717) is 12.5 Å². The minimum Gasteiger partial charge on any atom is -0.352 e. The summed E-state index contributed by atoms with van der Waals surface area (Å²) >= 11 is 1.93. The number of nitrogens with zero attached hydrogens (tertiary/aromatic N) is 1. The molecule has 142 valence electrons. The molecule has 1 aromatic carbocycles. The van der Waals surface area contributed by atoms with Crippen LogP contribution in [0.3, 0.4) is 0 Å². The van der Waals surface area contributed by atoms with Gasteiger partial charge in [0.2, 0.25) is 5.91 Å². The van der Waals surface area contributed by atoms with Gasteiger partial charge in [0, 0.05) is 18.5 Å².